The van der Waals surface area contributed by atoms with E-state index in [1.54, 1.807) is 6.21 Å². The number of thiophene rings is 1. The average Bonchev–Trinajstić information content (AvgIpc) is 3.18. The molecule has 1 aliphatic heterocycles. The van der Waals surface area contributed by atoms with Gasteiger partial charge in [-0.2, -0.15) is 5.10 Å². The summed E-state index contributed by atoms with van der Waals surface area (Å²) < 4.78 is 12.9. The van der Waals surface area contributed by atoms with Crippen LogP contribution < -0.4 is 10.3 Å². The Labute approximate surface area is 136 Å². The first-order chi connectivity index (χ1) is 11.1. The summed E-state index contributed by atoms with van der Waals surface area (Å²) in [7, 11) is 0. The molecule has 1 fully saturated rings. The number of hydrazone groups is 1. The van der Waals surface area contributed by atoms with Gasteiger partial charge in [-0.05, 0) is 35.7 Å². The van der Waals surface area contributed by atoms with Gasteiger partial charge in [0.25, 0.3) is 0 Å². The highest BCUT2D eigenvalue weighted by Gasteiger charge is 2.35. The predicted octanol–water partition coefficient (Wildman–Crippen LogP) is 2.39. The van der Waals surface area contributed by atoms with Crippen molar-refractivity contribution in [2.75, 3.05) is 11.4 Å². The first-order valence-electron chi connectivity index (χ1n) is 7.06. The summed E-state index contributed by atoms with van der Waals surface area (Å²) in [6, 6.07) is 9.42. The molecule has 1 saturated heterocycles. The SMILES string of the molecule is O=C(N/N=C\c1cccs1)[C@H]1CC(=O)N(c2ccc(F)cc2)C1. The van der Waals surface area contributed by atoms with Crippen LogP contribution in [0.2, 0.25) is 0 Å². The Kier molecular flexibility index (Phi) is 4.47. The van der Waals surface area contributed by atoms with Crippen LogP contribution in [0.3, 0.4) is 0 Å². The lowest BCUT2D eigenvalue weighted by Gasteiger charge is -2.16. The molecule has 0 unspecified atom stereocenters. The van der Waals surface area contributed by atoms with Gasteiger partial charge in [-0.15, -0.1) is 11.3 Å². The molecule has 118 valence electrons. The molecule has 1 N–H and O–H groups in total. The lowest BCUT2D eigenvalue weighted by atomic mass is 10.1. The third-order valence-electron chi connectivity index (χ3n) is 3.54. The molecule has 1 atom stereocenters. The Balaban J connectivity index is 1.60. The molecule has 1 aromatic heterocycles. The smallest absolute Gasteiger partial charge is 0.245 e. The van der Waals surface area contributed by atoms with E-state index in [1.165, 1.54) is 40.5 Å². The zero-order valence-electron chi connectivity index (χ0n) is 12.1. The number of hydrogen-bond donors (Lipinski definition) is 1. The number of anilines is 1. The van der Waals surface area contributed by atoms with Crippen LogP contribution in [0.1, 0.15) is 11.3 Å². The highest BCUT2D eigenvalue weighted by atomic mass is 32.1. The molecule has 1 aliphatic rings. The number of halogens is 1. The van der Waals surface area contributed by atoms with E-state index in [-0.39, 0.29) is 30.6 Å². The fraction of sp³-hybridized carbons (Fsp3) is 0.188. The third kappa shape index (κ3) is 3.62. The van der Waals surface area contributed by atoms with E-state index in [4.69, 9.17) is 0 Å². The maximum atomic E-state index is 12.9. The first-order valence-corrected chi connectivity index (χ1v) is 7.94. The predicted molar refractivity (Wildman–Crippen MR) is 86.9 cm³/mol. The number of nitrogens with one attached hydrogen (secondary N) is 1. The van der Waals surface area contributed by atoms with Gasteiger partial charge < -0.3 is 4.90 Å². The van der Waals surface area contributed by atoms with Gasteiger partial charge in [-0.1, -0.05) is 6.07 Å². The quantitative estimate of drug-likeness (QED) is 0.691. The summed E-state index contributed by atoms with van der Waals surface area (Å²) >= 11 is 1.51. The van der Waals surface area contributed by atoms with Crippen LogP contribution in [0.25, 0.3) is 0 Å². The minimum Gasteiger partial charge on any atom is -0.312 e. The minimum atomic E-state index is -0.465. The molecule has 1 aromatic carbocycles. The molecule has 23 heavy (non-hydrogen) atoms. The second-order valence-electron chi connectivity index (χ2n) is 5.13. The monoisotopic (exact) mass is 331 g/mol. The van der Waals surface area contributed by atoms with E-state index in [0.717, 1.165) is 4.88 Å². The third-order valence-corrected chi connectivity index (χ3v) is 4.35. The second kappa shape index (κ2) is 6.70. The fourth-order valence-corrected chi connectivity index (χ4v) is 2.95. The van der Waals surface area contributed by atoms with Crippen molar-refractivity contribution in [2.24, 2.45) is 11.0 Å². The van der Waals surface area contributed by atoms with Crippen LogP contribution in [0.4, 0.5) is 10.1 Å². The second-order valence-corrected chi connectivity index (χ2v) is 6.11. The van der Waals surface area contributed by atoms with Crippen LogP contribution in [0.5, 0.6) is 0 Å². The van der Waals surface area contributed by atoms with Crippen molar-refractivity contribution in [1.82, 2.24) is 5.43 Å². The molecule has 0 spiro atoms. The molecule has 2 heterocycles. The molecular weight excluding hydrogens is 317 g/mol. The molecule has 3 rings (SSSR count). The maximum Gasteiger partial charge on any atom is 0.245 e. The zero-order valence-corrected chi connectivity index (χ0v) is 12.9. The van der Waals surface area contributed by atoms with Crippen molar-refractivity contribution in [3.05, 3.63) is 52.5 Å². The molecule has 2 amide bonds. The molecule has 0 bridgehead atoms. The van der Waals surface area contributed by atoms with Crippen LogP contribution in [0, 0.1) is 11.7 Å². The Hall–Kier alpha value is -2.54. The Morgan fingerprint density at radius 1 is 1.35 bits per heavy atom. The van der Waals surface area contributed by atoms with E-state index < -0.39 is 5.92 Å². The highest BCUT2D eigenvalue weighted by Crippen LogP contribution is 2.25. The Bertz CT molecular complexity index is 728. The van der Waals surface area contributed by atoms with Crippen LogP contribution in [0.15, 0.2) is 46.9 Å². The van der Waals surface area contributed by atoms with Crippen molar-refractivity contribution in [3.63, 3.8) is 0 Å². The number of benzene rings is 1. The summed E-state index contributed by atoms with van der Waals surface area (Å²) in [5, 5.41) is 5.82. The van der Waals surface area contributed by atoms with Gasteiger partial charge in [-0.25, -0.2) is 9.82 Å². The number of amides is 2. The van der Waals surface area contributed by atoms with Crippen LogP contribution in [-0.2, 0) is 9.59 Å². The molecule has 2 aromatic rings. The van der Waals surface area contributed by atoms with Gasteiger partial charge in [-0.3, -0.25) is 9.59 Å². The topological polar surface area (TPSA) is 61.8 Å². The van der Waals surface area contributed by atoms with Gasteiger partial charge in [0.2, 0.25) is 11.8 Å². The minimum absolute atomic E-state index is 0.123. The summed E-state index contributed by atoms with van der Waals surface area (Å²) in [6.07, 6.45) is 1.69. The lowest BCUT2D eigenvalue weighted by molar-refractivity contribution is -0.126. The maximum absolute atomic E-state index is 12.9. The highest BCUT2D eigenvalue weighted by molar-refractivity contribution is 7.11. The van der Waals surface area contributed by atoms with Crippen LogP contribution >= 0.6 is 11.3 Å². The summed E-state index contributed by atoms with van der Waals surface area (Å²) in [6.45, 7) is 0.269. The molecular formula is C16H14FN3O2S. The van der Waals surface area contributed by atoms with Crippen molar-refractivity contribution < 1.29 is 14.0 Å². The van der Waals surface area contributed by atoms with Crippen molar-refractivity contribution in [1.29, 1.82) is 0 Å². The van der Waals surface area contributed by atoms with Gasteiger partial charge in [0.1, 0.15) is 5.82 Å². The molecule has 0 saturated carbocycles. The standard InChI is InChI=1S/C16H14FN3O2S/c17-12-3-5-13(6-4-12)20-10-11(8-15(20)21)16(22)19-18-9-14-2-1-7-23-14/h1-7,9,11H,8,10H2,(H,19,22)/b18-9-/t11-/m0/s1. The zero-order chi connectivity index (χ0) is 16.2. The first kappa shape index (κ1) is 15.4. The van der Waals surface area contributed by atoms with Crippen molar-refractivity contribution in [2.45, 2.75) is 6.42 Å². The molecule has 5 nitrogen and oxygen atoms in total. The number of nitrogens with zero attached hydrogens (tertiary/aromatic N) is 2. The van der Waals surface area contributed by atoms with E-state index in [9.17, 15) is 14.0 Å². The number of carbonyl (C=O) groups is 2. The summed E-state index contributed by atoms with van der Waals surface area (Å²) in [4.78, 5) is 26.6. The number of hydrogen-bond acceptors (Lipinski definition) is 4. The largest absolute Gasteiger partial charge is 0.312 e. The van der Waals surface area contributed by atoms with Crippen molar-refractivity contribution in [3.8, 4) is 0 Å². The number of carbonyl (C=O) groups excluding carboxylic acids is 2. The van der Waals surface area contributed by atoms with E-state index >= 15 is 0 Å². The lowest BCUT2D eigenvalue weighted by Crippen LogP contribution is -2.30. The molecule has 0 aliphatic carbocycles. The Morgan fingerprint density at radius 3 is 2.83 bits per heavy atom. The van der Waals surface area contributed by atoms with E-state index in [1.807, 2.05) is 17.5 Å². The Morgan fingerprint density at radius 2 is 2.13 bits per heavy atom. The van der Waals surface area contributed by atoms with Gasteiger partial charge in [0.15, 0.2) is 0 Å². The van der Waals surface area contributed by atoms with E-state index in [0.29, 0.717) is 5.69 Å². The van der Waals surface area contributed by atoms with Crippen molar-refractivity contribution >= 4 is 35.1 Å². The fourth-order valence-electron chi connectivity index (χ4n) is 2.37. The van der Waals surface area contributed by atoms with Gasteiger partial charge in [0, 0.05) is 23.5 Å². The van der Waals surface area contributed by atoms with Crippen LogP contribution in [-0.4, -0.2) is 24.6 Å². The van der Waals surface area contributed by atoms with Gasteiger partial charge >= 0.3 is 0 Å². The molecule has 7 heteroatoms. The van der Waals surface area contributed by atoms with E-state index in [2.05, 4.69) is 10.5 Å². The summed E-state index contributed by atoms with van der Waals surface area (Å²) in [5.74, 6) is -1.28. The number of rotatable bonds is 4. The summed E-state index contributed by atoms with van der Waals surface area (Å²) in [5.41, 5.74) is 3.05. The normalized spacial score (nSPS) is 17.9. The molecule has 0 radical (unpaired) electrons. The van der Waals surface area contributed by atoms with Gasteiger partial charge in [0.05, 0.1) is 12.1 Å². The average molecular weight is 331 g/mol.